The van der Waals surface area contributed by atoms with Crippen molar-refractivity contribution >= 4 is 5.78 Å². The number of carbonyl (C=O) groups excluding carboxylic acids is 1. The molecule has 0 spiro atoms. The molecule has 1 rings (SSSR count). The van der Waals surface area contributed by atoms with E-state index >= 15 is 0 Å². The van der Waals surface area contributed by atoms with Gasteiger partial charge in [0.05, 0.1) is 13.0 Å². The minimum absolute atomic E-state index is 0.181. The highest BCUT2D eigenvalue weighted by atomic mass is 16.5. The summed E-state index contributed by atoms with van der Waals surface area (Å²) in [5, 5.41) is 0. The van der Waals surface area contributed by atoms with Crippen LogP contribution in [-0.2, 0) is 23.0 Å². The van der Waals surface area contributed by atoms with Gasteiger partial charge in [0, 0.05) is 32.5 Å². The fourth-order valence-electron chi connectivity index (χ4n) is 1.26. The van der Waals surface area contributed by atoms with Crippen LogP contribution in [0.4, 0.5) is 0 Å². The number of ether oxygens (including phenoxy) is 1. The van der Waals surface area contributed by atoms with Crippen molar-refractivity contribution in [2.75, 3.05) is 13.2 Å². The molecule has 0 radical (unpaired) electrons. The standard InChI is InChI=1S/C11H18N2O2/c1-3-7-15-8-4-10(14)9-11-12-5-6-13(11)2/h5-6H,3-4,7-9H2,1-2H3. The number of rotatable bonds is 7. The van der Waals surface area contributed by atoms with Crippen molar-refractivity contribution in [3.8, 4) is 0 Å². The van der Waals surface area contributed by atoms with Crippen LogP contribution >= 0.6 is 0 Å². The molecule has 0 aliphatic rings. The zero-order valence-corrected chi connectivity index (χ0v) is 9.40. The van der Waals surface area contributed by atoms with Crippen molar-refractivity contribution in [2.24, 2.45) is 7.05 Å². The van der Waals surface area contributed by atoms with Crippen molar-refractivity contribution in [3.05, 3.63) is 18.2 Å². The summed E-state index contributed by atoms with van der Waals surface area (Å²) in [6.45, 7) is 3.31. The molecular weight excluding hydrogens is 192 g/mol. The molecule has 4 nitrogen and oxygen atoms in total. The molecule has 0 amide bonds. The lowest BCUT2D eigenvalue weighted by molar-refractivity contribution is -0.119. The smallest absolute Gasteiger partial charge is 0.142 e. The molecule has 0 fully saturated rings. The number of nitrogens with zero attached hydrogens (tertiary/aromatic N) is 2. The van der Waals surface area contributed by atoms with Gasteiger partial charge in [0.1, 0.15) is 11.6 Å². The molecule has 0 saturated carbocycles. The van der Waals surface area contributed by atoms with E-state index in [0.717, 1.165) is 18.9 Å². The van der Waals surface area contributed by atoms with Gasteiger partial charge in [-0.05, 0) is 6.42 Å². The van der Waals surface area contributed by atoms with E-state index in [1.54, 1.807) is 6.20 Å². The van der Waals surface area contributed by atoms with Crippen molar-refractivity contribution in [2.45, 2.75) is 26.2 Å². The Morgan fingerprint density at radius 1 is 1.53 bits per heavy atom. The maximum atomic E-state index is 11.5. The molecule has 1 heterocycles. The maximum Gasteiger partial charge on any atom is 0.142 e. The summed E-state index contributed by atoms with van der Waals surface area (Å²) in [6.07, 6.45) is 5.42. The van der Waals surface area contributed by atoms with Gasteiger partial charge in [-0.25, -0.2) is 4.98 Å². The number of carbonyl (C=O) groups is 1. The van der Waals surface area contributed by atoms with Crippen molar-refractivity contribution < 1.29 is 9.53 Å². The molecule has 0 unspecified atom stereocenters. The van der Waals surface area contributed by atoms with Crippen LogP contribution in [0.1, 0.15) is 25.6 Å². The Balaban J connectivity index is 2.22. The Hall–Kier alpha value is -1.16. The second-order valence-corrected chi connectivity index (χ2v) is 3.53. The molecule has 0 bridgehead atoms. The average Bonchev–Trinajstić information content (AvgIpc) is 2.59. The highest BCUT2D eigenvalue weighted by molar-refractivity contribution is 5.80. The number of ketones is 1. The van der Waals surface area contributed by atoms with Gasteiger partial charge in [-0.15, -0.1) is 0 Å². The van der Waals surface area contributed by atoms with E-state index in [9.17, 15) is 4.79 Å². The number of imidazole rings is 1. The predicted molar refractivity (Wildman–Crippen MR) is 57.6 cm³/mol. The van der Waals surface area contributed by atoms with Gasteiger partial charge in [0.2, 0.25) is 0 Å². The molecule has 0 aliphatic heterocycles. The summed E-state index contributed by atoms with van der Waals surface area (Å²) in [5.74, 6) is 0.996. The van der Waals surface area contributed by atoms with Crippen LogP contribution < -0.4 is 0 Å². The van der Waals surface area contributed by atoms with Gasteiger partial charge in [-0.3, -0.25) is 4.79 Å². The molecule has 84 valence electrons. The first kappa shape index (κ1) is 11.9. The van der Waals surface area contributed by atoms with Crippen molar-refractivity contribution in [1.82, 2.24) is 9.55 Å². The summed E-state index contributed by atoms with van der Waals surface area (Å²) in [7, 11) is 1.89. The van der Waals surface area contributed by atoms with E-state index in [1.807, 2.05) is 17.8 Å². The Morgan fingerprint density at radius 2 is 2.33 bits per heavy atom. The molecular formula is C11H18N2O2. The van der Waals surface area contributed by atoms with E-state index in [2.05, 4.69) is 11.9 Å². The highest BCUT2D eigenvalue weighted by Gasteiger charge is 2.06. The molecule has 1 aromatic heterocycles. The number of hydrogen-bond donors (Lipinski definition) is 0. The lowest BCUT2D eigenvalue weighted by Gasteiger charge is -2.02. The second kappa shape index (κ2) is 6.35. The number of aromatic nitrogens is 2. The van der Waals surface area contributed by atoms with E-state index in [-0.39, 0.29) is 5.78 Å². The molecule has 15 heavy (non-hydrogen) atoms. The Labute approximate surface area is 90.3 Å². The van der Waals surface area contributed by atoms with Crippen LogP contribution in [0.2, 0.25) is 0 Å². The first-order valence-electron chi connectivity index (χ1n) is 5.29. The molecule has 0 saturated heterocycles. The van der Waals surface area contributed by atoms with Crippen LogP contribution in [0.25, 0.3) is 0 Å². The predicted octanol–water partition coefficient (Wildman–Crippen LogP) is 1.35. The van der Waals surface area contributed by atoms with E-state index in [0.29, 0.717) is 19.4 Å². The molecule has 0 aromatic carbocycles. The molecule has 0 N–H and O–H groups in total. The SMILES string of the molecule is CCCOCCC(=O)Cc1nccn1C. The zero-order chi connectivity index (χ0) is 11.1. The molecule has 4 heteroatoms. The van der Waals surface area contributed by atoms with Gasteiger partial charge in [-0.2, -0.15) is 0 Å². The molecule has 0 aliphatic carbocycles. The fraction of sp³-hybridized carbons (Fsp3) is 0.636. The Bertz CT molecular complexity index is 307. The number of aryl methyl sites for hydroxylation is 1. The minimum atomic E-state index is 0.181. The quantitative estimate of drug-likeness (QED) is 0.638. The normalized spacial score (nSPS) is 10.5. The number of hydrogen-bond acceptors (Lipinski definition) is 3. The lowest BCUT2D eigenvalue weighted by Crippen LogP contribution is -2.10. The Kier molecular flexibility index (Phi) is 5.04. The van der Waals surface area contributed by atoms with Crippen molar-refractivity contribution in [1.29, 1.82) is 0 Å². The summed E-state index contributed by atoms with van der Waals surface area (Å²) in [5.41, 5.74) is 0. The largest absolute Gasteiger partial charge is 0.381 e. The highest BCUT2D eigenvalue weighted by Crippen LogP contribution is 1.99. The minimum Gasteiger partial charge on any atom is -0.381 e. The average molecular weight is 210 g/mol. The maximum absolute atomic E-state index is 11.5. The summed E-state index contributed by atoms with van der Waals surface area (Å²) in [6, 6.07) is 0. The first-order chi connectivity index (χ1) is 7.24. The van der Waals surface area contributed by atoms with Gasteiger partial charge >= 0.3 is 0 Å². The van der Waals surface area contributed by atoms with Crippen LogP contribution in [0.3, 0.4) is 0 Å². The molecule has 0 atom stereocenters. The third-order valence-corrected chi connectivity index (χ3v) is 2.15. The first-order valence-corrected chi connectivity index (χ1v) is 5.29. The van der Waals surface area contributed by atoms with Crippen LogP contribution in [0.15, 0.2) is 12.4 Å². The summed E-state index contributed by atoms with van der Waals surface area (Å²) in [4.78, 5) is 15.6. The third-order valence-electron chi connectivity index (χ3n) is 2.15. The van der Waals surface area contributed by atoms with E-state index in [1.165, 1.54) is 0 Å². The monoisotopic (exact) mass is 210 g/mol. The fourth-order valence-corrected chi connectivity index (χ4v) is 1.26. The van der Waals surface area contributed by atoms with Gasteiger partial charge < -0.3 is 9.30 Å². The van der Waals surface area contributed by atoms with E-state index in [4.69, 9.17) is 4.74 Å². The van der Waals surface area contributed by atoms with Crippen LogP contribution in [-0.4, -0.2) is 28.5 Å². The summed E-state index contributed by atoms with van der Waals surface area (Å²) < 4.78 is 7.12. The topological polar surface area (TPSA) is 44.1 Å². The lowest BCUT2D eigenvalue weighted by atomic mass is 10.2. The van der Waals surface area contributed by atoms with Crippen LogP contribution in [0, 0.1) is 0 Å². The van der Waals surface area contributed by atoms with Gasteiger partial charge in [0.25, 0.3) is 0 Å². The van der Waals surface area contributed by atoms with Gasteiger partial charge in [-0.1, -0.05) is 6.92 Å². The zero-order valence-electron chi connectivity index (χ0n) is 9.40. The third kappa shape index (κ3) is 4.25. The van der Waals surface area contributed by atoms with Crippen molar-refractivity contribution in [3.63, 3.8) is 0 Å². The Morgan fingerprint density at radius 3 is 2.93 bits per heavy atom. The molecule has 1 aromatic rings. The van der Waals surface area contributed by atoms with E-state index < -0.39 is 0 Å². The van der Waals surface area contributed by atoms with Crippen LogP contribution in [0.5, 0.6) is 0 Å². The second-order valence-electron chi connectivity index (χ2n) is 3.53. The summed E-state index contributed by atoms with van der Waals surface area (Å²) >= 11 is 0. The number of Topliss-reactive ketones (excluding diaryl/α,β-unsaturated/α-hetero) is 1. The van der Waals surface area contributed by atoms with Gasteiger partial charge in [0.15, 0.2) is 0 Å².